The quantitative estimate of drug-likeness (QED) is 0.704. The van der Waals surface area contributed by atoms with Crippen LogP contribution >= 0.6 is 11.6 Å². The molecule has 0 radical (unpaired) electrons. The Kier molecular flexibility index (Phi) is 7.78. The highest BCUT2D eigenvalue weighted by molar-refractivity contribution is 6.30. The summed E-state index contributed by atoms with van der Waals surface area (Å²) in [6.45, 7) is 7.22. The van der Waals surface area contributed by atoms with Crippen molar-refractivity contribution >= 4 is 17.5 Å². The molecule has 3 rings (SSSR count). The van der Waals surface area contributed by atoms with E-state index in [2.05, 4.69) is 10.2 Å². The molecule has 1 aliphatic heterocycles. The van der Waals surface area contributed by atoms with Gasteiger partial charge in [0.15, 0.2) is 6.10 Å². The summed E-state index contributed by atoms with van der Waals surface area (Å²) in [5.74, 6) is 1.49. The van der Waals surface area contributed by atoms with Crippen molar-refractivity contribution in [1.29, 1.82) is 0 Å². The van der Waals surface area contributed by atoms with E-state index in [1.54, 1.807) is 6.92 Å². The molecular weight excluding hydrogens is 388 g/mol. The fourth-order valence-electron chi connectivity index (χ4n) is 3.32. The predicted molar refractivity (Wildman–Crippen MR) is 116 cm³/mol. The lowest BCUT2D eigenvalue weighted by molar-refractivity contribution is -0.128. The average Bonchev–Trinajstić information content (AvgIpc) is 2.72. The number of hydrogen-bond acceptors (Lipinski definition) is 4. The third kappa shape index (κ3) is 6.94. The summed E-state index contributed by atoms with van der Waals surface area (Å²) >= 11 is 5.88. The number of nitrogens with one attached hydrogen (secondary N) is 1. The number of rotatable bonds is 8. The topological polar surface area (TPSA) is 50.8 Å². The SMILES string of the molecule is Cc1ccc(OC(C)C(=O)NC2CCN(CCOc3ccc(Cl)cc3)CC2)cc1. The Morgan fingerprint density at radius 3 is 2.38 bits per heavy atom. The van der Waals surface area contributed by atoms with Crippen LogP contribution in [0.3, 0.4) is 0 Å². The number of piperidine rings is 1. The van der Waals surface area contributed by atoms with Crippen LogP contribution in [-0.4, -0.2) is 49.2 Å². The van der Waals surface area contributed by atoms with Gasteiger partial charge in [-0.3, -0.25) is 9.69 Å². The number of aryl methyl sites for hydroxylation is 1. The average molecular weight is 417 g/mol. The lowest BCUT2D eigenvalue weighted by Crippen LogP contribution is -2.48. The van der Waals surface area contributed by atoms with Gasteiger partial charge < -0.3 is 14.8 Å². The normalized spacial score (nSPS) is 16.2. The minimum Gasteiger partial charge on any atom is -0.492 e. The molecule has 0 spiro atoms. The second-order valence-corrected chi connectivity index (χ2v) is 7.94. The maximum atomic E-state index is 12.4. The van der Waals surface area contributed by atoms with E-state index < -0.39 is 6.10 Å². The Hall–Kier alpha value is -2.24. The second-order valence-electron chi connectivity index (χ2n) is 7.50. The van der Waals surface area contributed by atoms with E-state index in [1.807, 2.05) is 55.5 Å². The van der Waals surface area contributed by atoms with Crippen LogP contribution in [0.15, 0.2) is 48.5 Å². The number of ether oxygens (including phenoxy) is 2. The van der Waals surface area contributed by atoms with Crippen LogP contribution in [-0.2, 0) is 4.79 Å². The summed E-state index contributed by atoms with van der Waals surface area (Å²) < 4.78 is 11.5. The molecule has 29 heavy (non-hydrogen) atoms. The third-order valence-corrected chi connectivity index (χ3v) is 5.38. The second kappa shape index (κ2) is 10.5. The first kappa shape index (κ1) is 21.5. The molecule has 1 aliphatic rings. The Morgan fingerprint density at radius 2 is 1.72 bits per heavy atom. The summed E-state index contributed by atoms with van der Waals surface area (Å²) in [4.78, 5) is 14.8. The van der Waals surface area contributed by atoms with Crippen LogP contribution in [0.25, 0.3) is 0 Å². The lowest BCUT2D eigenvalue weighted by atomic mass is 10.0. The van der Waals surface area contributed by atoms with Gasteiger partial charge in [0.2, 0.25) is 0 Å². The first-order chi connectivity index (χ1) is 14.0. The number of halogens is 1. The van der Waals surface area contributed by atoms with Gasteiger partial charge in [-0.2, -0.15) is 0 Å². The maximum absolute atomic E-state index is 12.4. The van der Waals surface area contributed by atoms with E-state index in [9.17, 15) is 4.79 Å². The Labute approximate surface area is 177 Å². The summed E-state index contributed by atoms with van der Waals surface area (Å²) in [5, 5.41) is 3.83. The summed E-state index contributed by atoms with van der Waals surface area (Å²) in [6.07, 6.45) is 1.36. The van der Waals surface area contributed by atoms with Gasteiger partial charge in [0.25, 0.3) is 5.91 Å². The van der Waals surface area contributed by atoms with Crippen LogP contribution in [0, 0.1) is 6.92 Å². The van der Waals surface area contributed by atoms with Gasteiger partial charge in [-0.15, -0.1) is 0 Å². The van der Waals surface area contributed by atoms with E-state index in [0.29, 0.717) is 17.4 Å². The van der Waals surface area contributed by atoms with Crippen LogP contribution in [0.4, 0.5) is 0 Å². The van der Waals surface area contributed by atoms with Gasteiger partial charge in [0.05, 0.1) is 0 Å². The molecule has 2 aromatic rings. The number of carbonyl (C=O) groups excluding carboxylic acids is 1. The number of nitrogens with zero attached hydrogens (tertiary/aromatic N) is 1. The van der Waals surface area contributed by atoms with E-state index in [1.165, 1.54) is 5.56 Å². The standard InChI is InChI=1S/C23H29ClN2O3/c1-17-3-7-22(8-4-17)29-18(2)23(27)25-20-11-13-26(14-12-20)15-16-28-21-9-5-19(24)6-10-21/h3-10,18,20H,11-16H2,1-2H3,(H,25,27). The fourth-order valence-corrected chi connectivity index (χ4v) is 3.44. The van der Waals surface area contributed by atoms with Crippen molar-refractivity contribution in [2.75, 3.05) is 26.2 Å². The fraction of sp³-hybridized carbons (Fsp3) is 0.435. The van der Waals surface area contributed by atoms with Crippen molar-refractivity contribution in [3.63, 3.8) is 0 Å². The molecule has 6 heteroatoms. The monoisotopic (exact) mass is 416 g/mol. The molecule has 5 nitrogen and oxygen atoms in total. The zero-order chi connectivity index (χ0) is 20.6. The molecule has 1 fully saturated rings. The molecule has 0 saturated carbocycles. The molecule has 2 aromatic carbocycles. The molecule has 1 saturated heterocycles. The summed E-state index contributed by atoms with van der Waals surface area (Å²) in [5.41, 5.74) is 1.17. The lowest BCUT2D eigenvalue weighted by Gasteiger charge is -2.32. The molecular formula is C23H29ClN2O3. The Morgan fingerprint density at radius 1 is 1.10 bits per heavy atom. The van der Waals surface area contributed by atoms with Crippen LogP contribution < -0.4 is 14.8 Å². The van der Waals surface area contributed by atoms with Crippen molar-refractivity contribution in [3.8, 4) is 11.5 Å². The smallest absolute Gasteiger partial charge is 0.260 e. The van der Waals surface area contributed by atoms with Crippen molar-refractivity contribution < 1.29 is 14.3 Å². The number of likely N-dealkylation sites (tertiary alicyclic amines) is 1. The van der Waals surface area contributed by atoms with Gasteiger partial charge in [-0.25, -0.2) is 0 Å². The first-order valence-electron chi connectivity index (χ1n) is 10.1. The molecule has 0 bridgehead atoms. The summed E-state index contributed by atoms with van der Waals surface area (Å²) in [7, 11) is 0. The largest absolute Gasteiger partial charge is 0.492 e. The van der Waals surface area contributed by atoms with Gasteiger partial charge in [0, 0.05) is 30.7 Å². The highest BCUT2D eigenvalue weighted by Gasteiger charge is 2.23. The number of hydrogen-bond donors (Lipinski definition) is 1. The van der Waals surface area contributed by atoms with Gasteiger partial charge in [-0.1, -0.05) is 29.3 Å². The maximum Gasteiger partial charge on any atom is 0.260 e. The predicted octanol–water partition coefficient (Wildman–Crippen LogP) is 4.08. The molecule has 1 unspecified atom stereocenters. The van der Waals surface area contributed by atoms with Crippen molar-refractivity contribution in [2.45, 2.75) is 38.8 Å². The summed E-state index contributed by atoms with van der Waals surface area (Å²) in [6, 6.07) is 15.4. The molecule has 1 heterocycles. The van der Waals surface area contributed by atoms with Crippen LogP contribution in [0.2, 0.25) is 5.02 Å². The number of benzene rings is 2. The van der Waals surface area contributed by atoms with Crippen LogP contribution in [0.1, 0.15) is 25.3 Å². The van der Waals surface area contributed by atoms with Crippen molar-refractivity contribution in [1.82, 2.24) is 10.2 Å². The van der Waals surface area contributed by atoms with E-state index in [0.717, 1.165) is 38.2 Å². The Balaban J connectivity index is 1.33. The molecule has 0 aliphatic carbocycles. The first-order valence-corrected chi connectivity index (χ1v) is 10.5. The van der Waals surface area contributed by atoms with E-state index in [4.69, 9.17) is 21.1 Å². The Bertz CT molecular complexity index is 772. The van der Waals surface area contributed by atoms with Crippen molar-refractivity contribution in [3.05, 3.63) is 59.1 Å². The zero-order valence-corrected chi connectivity index (χ0v) is 17.8. The van der Waals surface area contributed by atoms with E-state index in [-0.39, 0.29) is 11.9 Å². The van der Waals surface area contributed by atoms with Gasteiger partial charge in [0.1, 0.15) is 18.1 Å². The van der Waals surface area contributed by atoms with E-state index >= 15 is 0 Å². The molecule has 1 N–H and O–H groups in total. The number of carbonyl (C=O) groups is 1. The van der Waals surface area contributed by atoms with Gasteiger partial charge >= 0.3 is 0 Å². The van der Waals surface area contributed by atoms with Gasteiger partial charge in [-0.05, 0) is 63.1 Å². The molecule has 156 valence electrons. The molecule has 0 aromatic heterocycles. The van der Waals surface area contributed by atoms with Crippen LogP contribution in [0.5, 0.6) is 11.5 Å². The minimum atomic E-state index is -0.511. The molecule has 1 amide bonds. The third-order valence-electron chi connectivity index (χ3n) is 5.13. The minimum absolute atomic E-state index is 0.0601. The highest BCUT2D eigenvalue weighted by Crippen LogP contribution is 2.17. The number of amides is 1. The molecule has 1 atom stereocenters. The highest BCUT2D eigenvalue weighted by atomic mass is 35.5. The van der Waals surface area contributed by atoms with Crippen molar-refractivity contribution in [2.24, 2.45) is 0 Å². The zero-order valence-electron chi connectivity index (χ0n) is 17.1.